The van der Waals surface area contributed by atoms with Crippen molar-refractivity contribution in [2.45, 2.75) is 6.04 Å². The fraction of sp³-hybridized carbons (Fsp3) is 0.421. The number of methoxy groups -OCH3 is 3. The van der Waals surface area contributed by atoms with E-state index in [1.54, 1.807) is 12.1 Å². The lowest BCUT2D eigenvalue weighted by molar-refractivity contribution is 0.0940. The average Bonchev–Trinajstić information content (AvgIpc) is 3.05. The molecule has 1 aromatic heterocycles. The molecule has 0 aliphatic heterocycles. The summed E-state index contributed by atoms with van der Waals surface area (Å²) in [5, 5.41) is 2.99. The van der Waals surface area contributed by atoms with Gasteiger partial charge in [-0.15, -0.1) is 0 Å². The van der Waals surface area contributed by atoms with E-state index in [2.05, 4.69) is 20.9 Å². The number of carbonyl (C=O) groups excluding carboxylic acids is 1. The van der Waals surface area contributed by atoms with E-state index < -0.39 is 0 Å². The number of aryl methyl sites for hydroxylation is 1. The number of amides is 1. The van der Waals surface area contributed by atoms with Gasteiger partial charge in [-0.2, -0.15) is 0 Å². The summed E-state index contributed by atoms with van der Waals surface area (Å²) in [4.78, 5) is 14.7. The monoisotopic (exact) mass is 361 g/mol. The molecule has 0 saturated carbocycles. The van der Waals surface area contributed by atoms with Crippen LogP contribution in [0.5, 0.6) is 17.2 Å². The van der Waals surface area contributed by atoms with E-state index in [9.17, 15) is 4.79 Å². The Morgan fingerprint density at radius 1 is 1.15 bits per heavy atom. The second-order valence-electron chi connectivity index (χ2n) is 6.15. The van der Waals surface area contributed by atoms with Gasteiger partial charge in [0.25, 0.3) is 5.91 Å². The van der Waals surface area contributed by atoms with Gasteiger partial charge in [-0.25, -0.2) is 0 Å². The molecular weight excluding hydrogens is 334 g/mol. The highest BCUT2D eigenvalue weighted by Crippen LogP contribution is 2.38. The molecule has 0 bridgehead atoms. The van der Waals surface area contributed by atoms with Gasteiger partial charge in [-0.3, -0.25) is 9.69 Å². The molecule has 1 heterocycles. The molecule has 1 amide bonds. The number of likely N-dealkylation sites (N-methyl/N-ethyl adjacent to an activating group) is 1. The first-order chi connectivity index (χ1) is 12.4. The zero-order valence-corrected chi connectivity index (χ0v) is 16.2. The smallest absolute Gasteiger partial charge is 0.251 e. The van der Waals surface area contributed by atoms with E-state index in [0.717, 1.165) is 5.69 Å². The maximum atomic E-state index is 12.7. The molecule has 7 heteroatoms. The van der Waals surface area contributed by atoms with Crippen LogP contribution in [-0.2, 0) is 7.05 Å². The van der Waals surface area contributed by atoms with E-state index in [1.165, 1.54) is 21.3 Å². The predicted molar refractivity (Wildman–Crippen MR) is 100 cm³/mol. The van der Waals surface area contributed by atoms with Crippen LogP contribution in [0.15, 0.2) is 30.5 Å². The van der Waals surface area contributed by atoms with Gasteiger partial charge in [-0.1, -0.05) is 0 Å². The summed E-state index contributed by atoms with van der Waals surface area (Å²) in [5.74, 6) is 1.15. The molecule has 142 valence electrons. The van der Waals surface area contributed by atoms with Crippen molar-refractivity contribution in [3.8, 4) is 17.2 Å². The molecule has 1 N–H and O–H groups in total. The van der Waals surface area contributed by atoms with Crippen molar-refractivity contribution >= 4 is 5.91 Å². The normalized spacial score (nSPS) is 12.0. The number of hydrogen-bond acceptors (Lipinski definition) is 5. The van der Waals surface area contributed by atoms with Crippen LogP contribution in [0.4, 0.5) is 0 Å². The van der Waals surface area contributed by atoms with Crippen LogP contribution in [0.3, 0.4) is 0 Å². The van der Waals surface area contributed by atoms with Crippen LogP contribution in [0.2, 0.25) is 0 Å². The predicted octanol–water partition coefficient (Wildman–Crippen LogP) is 2.08. The van der Waals surface area contributed by atoms with E-state index >= 15 is 0 Å². The number of hydrogen-bond donors (Lipinski definition) is 1. The van der Waals surface area contributed by atoms with Gasteiger partial charge < -0.3 is 24.1 Å². The topological polar surface area (TPSA) is 65.0 Å². The molecule has 26 heavy (non-hydrogen) atoms. The van der Waals surface area contributed by atoms with Crippen LogP contribution in [0.1, 0.15) is 22.1 Å². The summed E-state index contributed by atoms with van der Waals surface area (Å²) in [6.07, 6.45) is 1.99. The van der Waals surface area contributed by atoms with Crippen LogP contribution >= 0.6 is 0 Å². The Hall–Kier alpha value is -2.67. The molecule has 0 spiro atoms. The Labute approximate surface area is 154 Å². The molecule has 1 aromatic carbocycles. The third-order valence-corrected chi connectivity index (χ3v) is 4.33. The minimum Gasteiger partial charge on any atom is -0.493 e. The SMILES string of the molecule is COc1cc(C(=O)NC[C@@H](c2cccn2C)N(C)C)cc(OC)c1OC. The number of nitrogens with one attached hydrogen (secondary N) is 1. The zero-order valence-electron chi connectivity index (χ0n) is 16.2. The summed E-state index contributed by atoms with van der Waals surface area (Å²) in [6, 6.07) is 7.39. The number of rotatable bonds is 8. The maximum absolute atomic E-state index is 12.7. The fourth-order valence-electron chi connectivity index (χ4n) is 2.88. The van der Waals surface area contributed by atoms with Gasteiger partial charge in [0.1, 0.15) is 0 Å². The number of carbonyl (C=O) groups is 1. The van der Waals surface area contributed by atoms with Gasteiger partial charge in [0, 0.05) is 31.0 Å². The number of ether oxygens (including phenoxy) is 3. The third-order valence-electron chi connectivity index (χ3n) is 4.33. The molecule has 0 aliphatic rings. The summed E-state index contributed by atoms with van der Waals surface area (Å²) in [7, 11) is 10.5. The van der Waals surface area contributed by atoms with Crippen molar-refractivity contribution in [1.82, 2.24) is 14.8 Å². The van der Waals surface area contributed by atoms with Crippen molar-refractivity contribution in [2.24, 2.45) is 7.05 Å². The van der Waals surface area contributed by atoms with Crippen molar-refractivity contribution in [2.75, 3.05) is 42.0 Å². The van der Waals surface area contributed by atoms with E-state index in [1.807, 2.05) is 33.4 Å². The van der Waals surface area contributed by atoms with Gasteiger partial charge >= 0.3 is 0 Å². The Morgan fingerprint density at radius 2 is 1.77 bits per heavy atom. The van der Waals surface area contributed by atoms with Gasteiger partial charge in [0.2, 0.25) is 5.75 Å². The fourth-order valence-corrected chi connectivity index (χ4v) is 2.88. The first-order valence-corrected chi connectivity index (χ1v) is 8.28. The summed E-state index contributed by atoms with van der Waals surface area (Å²) >= 11 is 0. The quantitative estimate of drug-likeness (QED) is 0.780. The van der Waals surface area contributed by atoms with Crippen molar-refractivity contribution < 1.29 is 19.0 Å². The van der Waals surface area contributed by atoms with Gasteiger partial charge in [-0.05, 0) is 38.4 Å². The molecular formula is C19H27N3O4. The lowest BCUT2D eigenvalue weighted by Crippen LogP contribution is -2.35. The Balaban J connectivity index is 2.20. The Kier molecular flexibility index (Phi) is 6.52. The van der Waals surface area contributed by atoms with Crippen LogP contribution < -0.4 is 19.5 Å². The van der Waals surface area contributed by atoms with E-state index in [4.69, 9.17) is 14.2 Å². The highest BCUT2D eigenvalue weighted by Gasteiger charge is 2.20. The minimum absolute atomic E-state index is 0.0565. The summed E-state index contributed by atoms with van der Waals surface area (Å²) in [5.41, 5.74) is 1.57. The molecule has 0 saturated heterocycles. The molecule has 7 nitrogen and oxygen atoms in total. The second kappa shape index (κ2) is 8.62. The van der Waals surface area contributed by atoms with E-state index in [0.29, 0.717) is 29.4 Å². The first-order valence-electron chi connectivity index (χ1n) is 8.28. The lowest BCUT2D eigenvalue weighted by Gasteiger charge is -2.25. The standard InChI is InChI=1S/C19H27N3O4/c1-21(2)15(14-8-7-9-22(14)3)12-20-19(23)13-10-16(24-4)18(26-6)17(11-13)25-5/h7-11,15H,12H2,1-6H3,(H,20,23)/t15-/m0/s1. The molecule has 0 fully saturated rings. The maximum Gasteiger partial charge on any atom is 0.251 e. The highest BCUT2D eigenvalue weighted by atomic mass is 16.5. The van der Waals surface area contributed by atoms with Crippen LogP contribution in [0.25, 0.3) is 0 Å². The molecule has 0 unspecified atom stereocenters. The summed E-state index contributed by atoms with van der Waals surface area (Å²) in [6.45, 7) is 0.473. The molecule has 2 rings (SSSR count). The number of benzene rings is 1. The lowest BCUT2D eigenvalue weighted by atomic mass is 10.1. The zero-order chi connectivity index (χ0) is 19.3. The van der Waals surface area contributed by atoms with Crippen LogP contribution in [-0.4, -0.2) is 57.3 Å². The molecule has 0 aliphatic carbocycles. The largest absolute Gasteiger partial charge is 0.493 e. The minimum atomic E-state index is -0.203. The average molecular weight is 361 g/mol. The van der Waals surface area contributed by atoms with E-state index in [-0.39, 0.29) is 11.9 Å². The Bertz CT molecular complexity index is 730. The second-order valence-corrected chi connectivity index (χ2v) is 6.15. The number of aromatic nitrogens is 1. The highest BCUT2D eigenvalue weighted by molar-refractivity contribution is 5.95. The summed E-state index contributed by atoms with van der Waals surface area (Å²) < 4.78 is 18.0. The van der Waals surface area contributed by atoms with Gasteiger partial charge in [0.05, 0.1) is 27.4 Å². The molecule has 2 aromatic rings. The molecule has 1 atom stereocenters. The van der Waals surface area contributed by atoms with Crippen molar-refractivity contribution in [3.63, 3.8) is 0 Å². The molecule has 0 radical (unpaired) electrons. The van der Waals surface area contributed by atoms with Gasteiger partial charge in [0.15, 0.2) is 11.5 Å². The first kappa shape index (κ1) is 19.7. The third kappa shape index (κ3) is 4.11. The van der Waals surface area contributed by atoms with Crippen molar-refractivity contribution in [3.05, 3.63) is 41.7 Å². The number of nitrogens with zero attached hydrogens (tertiary/aromatic N) is 2. The van der Waals surface area contributed by atoms with Crippen LogP contribution in [0, 0.1) is 0 Å². The Morgan fingerprint density at radius 3 is 2.19 bits per heavy atom. The van der Waals surface area contributed by atoms with Crippen molar-refractivity contribution in [1.29, 1.82) is 0 Å².